The first kappa shape index (κ1) is 23.9. The lowest BCUT2D eigenvalue weighted by atomic mass is 10.2. The number of hydrogen-bond donors (Lipinski definition) is 2. The van der Waals surface area contributed by atoms with E-state index >= 15 is 0 Å². The molecule has 0 bridgehead atoms. The number of halogens is 1. The minimum Gasteiger partial charge on any atom is -0.452 e. The van der Waals surface area contributed by atoms with Crippen molar-refractivity contribution in [3.8, 4) is 0 Å². The molecule has 0 unspecified atom stereocenters. The van der Waals surface area contributed by atoms with Gasteiger partial charge in [0.05, 0.1) is 15.5 Å². The summed E-state index contributed by atoms with van der Waals surface area (Å²) >= 11 is 5.97. The smallest absolute Gasteiger partial charge is 0.340 e. The third kappa shape index (κ3) is 6.47. The minimum absolute atomic E-state index is 0.0235. The van der Waals surface area contributed by atoms with E-state index in [1.54, 1.807) is 13.8 Å². The Morgan fingerprint density at radius 1 is 1.14 bits per heavy atom. The van der Waals surface area contributed by atoms with Gasteiger partial charge in [-0.05, 0) is 24.6 Å². The zero-order chi connectivity index (χ0) is 21.3. The lowest BCUT2D eigenvalue weighted by Crippen LogP contribution is -2.41. The summed E-state index contributed by atoms with van der Waals surface area (Å²) in [6.45, 7) is 5.44. The average molecular weight is 434 g/mol. The van der Waals surface area contributed by atoms with Gasteiger partial charge in [0.1, 0.15) is 0 Å². The van der Waals surface area contributed by atoms with Crippen molar-refractivity contribution in [3.63, 3.8) is 0 Å². The zero-order valence-electron chi connectivity index (χ0n) is 16.0. The Bertz CT molecular complexity index is 824. The molecule has 0 aromatic heterocycles. The van der Waals surface area contributed by atoms with Gasteiger partial charge in [0.2, 0.25) is 10.0 Å². The summed E-state index contributed by atoms with van der Waals surface area (Å²) in [6.07, 6.45) is 0.696. The summed E-state index contributed by atoms with van der Waals surface area (Å²) in [7, 11) is -3.80. The van der Waals surface area contributed by atoms with Crippen molar-refractivity contribution in [2.45, 2.75) is 32.1 Å². The molecule has 1 aromatic carbocycles. The first-order valence-electron chi connectivity index (χ1n) is 8.71. The molecule has 0 atom stereocenters. The van der Waals surface area contributed by atoms with E-state index in [4.69, 9.17) is 16.3 Å². The second-order valence-corrected chi connectivity index (χ2v) is 7.96. The number of ether oxygens (including phenoxy) is 1. The number of hydrogen-bond acceptors (Lipinski definition) is 6. The average Bonchev–Trinajstić information content (AvgIpc) is 2.65. The highest BCUT2D eigenvalue weighted by molar-refractivity contribution is 7.89. The number of carbonyl (C=O) groups is 3. The molecule has 156 valence electrons. The van der Waals surface area contributed by atoms with Crippen molar-refractivity contribution in [3.05, 3.63) is 28.8 Å². The van der Waals surface area contributed by atoms with Crippen LogP contribution in [0.5, 0.6) is 0 Å². The van der Waals surface area contributed by atoms with E-state index in [2.05, 4.69) is 5.32 Å². The number of benzene rings is 1. The van der Waals surface area contributed by atoms with E-state index < -0.39 is 34.5 Å². The van der Waals surface area contributed by atoms with Crippen molar-refractivity contribution in [2.75, 3.05) is 26.2 Å². The van der Waals surface area contributed by atoms with E-state index in [1.807, 2.05) is 12.2 Å². The van der Waals surface area contributed by atoms with Gasteiger partial charge in [-0.1, -0.05) is 32.4 Å². The molecule has 1 aromatic rings. The summed E-state index contributed by atoms with van der Waals surface area (Å²) < 4.78 is 31.2. The second kappa shape index (κ2) is 11.0. The number of nitrogens with one attached hydrogen (secondary N) is 2. The van der Waals surface area contributed by atoms with Crippen LogP contribution in [0.2, 0.25) is 5.02 Å². The number of imide groups is 1. The molecule has 1 rings (SSSR count). The van der Waals surface area contributed by atoms with Gasteiger partial charge in [0.15, 0.2) is 6.61 Å². The Balaban J connectivity index is 2.86. The Morgan fingerprint density at radius 3 is 2.36 bits per heavy atom. The highest BCUT2D eigenvalue weighted by Crippen LogP contribution is 2.23. The number of carbonyl (C=O) groups excluding carboxylic acids is 3. The van der Waals surface area contributed by atoms with Crippen molar-refractivity contribution in [1.29, 1.82) is 0 Å². The van der Waals surface area contributed by atoms with Crippen LogP contribution in [-0.4, -0.2) is 56.9 Å². The molecule has 0 aliphatic carbocycles. The Hall–Kier alpha value is -2.17. The third-order valence-electron chi connectivity index (χ3n) is 3.62. The van der Waals surface area contributed by atoms with E-state index in [0.717, 1.165) is 6.07 Å². The summed E-state index contributed by atoms with van der Waals surface area (Å²) in [6, 6.07) is 2.96. The number of nitrogens with zero attached hydrogens (tertiary/aromatic N) is 1. The van der Waals surface area contributed by atoms with Gasteiger partial charge in [-0.2, -0.15) is 4.31 Å². The maximum absolute atomic E-state index is 12.6. The molecule has 3 amide bonds. The van der Waals surface area contributed by atoms with Gasteiger partial charge in [0.25, 0.3) is 5.91 Å². The van der Waals surface area contributed by atoms with Crippen LogP contribution in [0.1, 0.15) is 37.6 Å². The Labute approximate surface area is 169 Å². The number of urea groups is 1. The maximum atomic E-state index is 12.6. The van der Waals surface area contributed by atoms with Gasteiger partial charge in [-0.15, -0.1) is 0 Å². The first-order chi connectivity index (χ1) is 13.2. The van der Waals surface area contributed by atoms with Crippen LogP contribution in [0.4, 0.5) is 4.79 Å². The largest absolute Gasteiger partial charge is 0.452 e. The van der Waals surface area contributed by atoms with Crippen LogP contribution in [0.3, 0.4) is 0 Å². The van der Waals surface area contributed by atoms with E-state index in [-0.39, 0.29) is 28.6 Å². The highest BCUT2D eigenvalue weighted by atomic mass is 35.5. The molecule has 2 N–H and O–H groups in total. The zero-order valence-corrected chi connectivity index (χ0v) is 17.5. The van der Waals surface area contributed by atoms with Crippen molar-refractivity contribution < 1.29 is 27.5 Å². The Morgan fingerprint density at radius 2 is 1.79 bits per heavy atom. The number of rotatable bonds is 9. The predicted molar refractivity (Wildman–Crippen MR) is 104 cm³/mol. The molecule has 0 aliphatic rings. The summed E-state index contributed by atoms with van der Waals surface area (Å²) in [5.41, 5.74) is -0.196. The van der Waals surface area contributed by atoms with Gasteiger partial charge in [-0.25, -0.2) is 18.0 Å². The van der Waals surface area contributed by atoms with Crippen molar-refractivity contribution in [1.82, 2.24) is 14.9 Å². The molecule has 0 saturated heterocycles. The normalized spacial score (nSPS) is 11.2. The maximum Gasteiger partial charge on any atom is 0.340 e. The van der Waals surface area contributed by atoms with Crippen LogP contribution >= 0.6 is 11.6 Å². The second-order valence-electron chi connectivity index (χ2n) is 5.61. The molecular formula is C17H24ClN3O6S. The molecule has 0 aliphatic heterocycles. The van der Waals surface area contributed by atoms with Crippen molar-refractivity contribution >= 4 is 39.5 Å². The first-order valence-corrected chi connectivity index (χ1v) is 10.5. The molecule has 0 fully saturated rings. The number of esters is 1. The van der Waals surface area contributed by atoms with Gasteiger partial charge < -0.3 is 10.1 Å². The predicted octanol–water partition coefficient (Wildman–Crippen LogP) is 1.76. The van der Waals surface area contributed by atoms with Gasteiger partial charge in [0, 0.05) is 19.6 Å². The van der Waals surface area contributed by atoms with E-state index in [1.165, 1.54) is 16.4 Å². The van der Waals surface area contributed by atoms with Crippen LogP contribution in [-0.2, 0) is 19.6 Å². The van der Waals surface area contributed by atoms with Gasteiger partial charge >= 0.3 is 12.0 Å². The summed E-state index contributed by atoms with van der Waals surface area (Å²) in [5.74, 6) is -1.81. The lowest BCUT2D eigenvalue weighted by Gasteiger charge is -2.19. The lowest BCUT2D eigenvalue weighted by molar-refractivity contribution is -0.123. The molecule has 0 heterocycles. The molecule has 0 spiro atoms. The van der Waals surface area contributed by atoms with E-state index in [0.29, 0.717) is 13.0 Å². The quantitative estimate of drug-likeness (QED) is 0.572. The molecular weight excluding hydrogens is 410 g/mol. The highest BCUT2D eigenvalue weighted by Gasteiger charge is 2.24. The van der Waals surface area contributed by atoms with Crippen LogP contribution < -0.4 is 10.6 Å². The fourth-order valence-corrected chi connectivity index (χ4v) is 3.87. The van der Waals surface area contributed by atoms with E-state index in [9.17, 15) is 22.8 Å². The summed E-state index contributed by atoms with van der Waals surface area (Å²) in [4.78, 5) is 35.1. The minimum atomic E-state index is -3.80. The van der Waals surface area contributed by atoms with Crippen LogP contribution in [0, 0.1) is 0 Å². The molecule has 11 heteroatoms. The molecule has 9 nitrogen and oxygen atoms in total. The number of sulfonamides is 1. The molecule has 0 saturated carbocycles. The van der Waals surface area contributed by atoms with Crippen LogP contribution in [0.15, 0.2) is 23.1 Å². The fraction of sp³-hybridized carbons (Fsp3) is 0.471. The third-order valence-corrected chi connectivity index (χ3v) is 6.00. The van der Waals surface area contributed by atoms with Crippen molar-refractivity contribution in [2.24, 2.45) is 0 Å². The fourth-order valence-electron chi connectivity index (χ4n) is 2.19. The topological polar surface area (TPSA) is 122 Å². The number of amides is 3. The van der Waals surface area contributed by atoms with Crippen LogP contribution in [0.25, 0.3) is 0 Å². The molecule has 28 heavy (non-hydrogen) atoms. The monoisotopic (exact) mass is 433 g/mol. The molecule has 0 radical (unpaired) electrons. The summed E-state index contributed by atoms with van der Waals surface area (Å²) in [5, 5.41) is 4.41. The SMILES string of the molecule is CCCNC(=O)NC(=O)COC(=O)c1cc(S(=O)(=O)N(CC)CC)ccc1Cl. The Kier molecular flexibility index (Phi) is 9.36. The van der Waals surface area contributed by atoms with Gasteiger partial charge in [-0.3, -0.25) is 10.1 Å². The standard InChI is InChI=1S/C17H24ClN3O6S/c1-4-9-19-17(24)20-15(22)11-27-16(23)13-10-12(7-8-14(13)18)28(25,26)21(5-2)6-3/h7-8,10H,4-6,9,11H2,1-3H3,(H2,19,20,22,24).